The summed E-state index contributed by atoms with van der Waals surface area (Å²) in [7, 11) is 0. The largest absolute Gasteiger partial charge is 0.573 e. The predicted octanol–water partition coefficient (Wildman–Crippen LogP) is 7.08. The first-order chi connectivity index (χ1) is 16.4. The maximum atomic E-state index is 12.5. The van der Waals surface area contributed by atoms with Gasteiger partial charge in [-0.05, 0) is 79.0 Å². The van der Waals surface area contributed by atoms with Crippen LogP contribution in [0.25, 0.3) is 11.0 Å². The second-order valence-electron chi connectivity index (χ2n) is 10.3. The Kier molecular flexibility index (Phi) is 6.71. The molecule has 1 fully saturated rings. The average Bonchev–Trinajstić information content (AvgIpc) is 3.08. The number of benzene rings is 2. The highest BCUT2D eigenvalue weighted by atomic mass is 19.4. The number of carbonyl (C=O) groups is 1. The minimum atomic E-state index is -4.74. The van der Waals surface area contributed by atoms with Gasteiger partial charge in [0.05, 0.1) is 11.0 Å². The third kappa shape index (κ3) is 6.26. The van der Waals surface area contributed by atoms with Crippen molar-refractivity contribution in [3.8, 4) is 5.75 Å². The molecule has 4 rings (SSSR count). The van der Waals surface area contributed by atoms with Crippen molar-refractivity contribution in [2.24, 2.45) is 11.3 Å². The Labute approximate surface area is 202 Å². The van der Waals surface area contributed by atoms with Crippen LogP contribution < -0.4 is 10.1 Å². The zero-order chi connectivity index (χ0) is 25.4. The Hall–Kier alpha value is -3.23. The summed E-state index contributed by atoms with van der Waals surface area (Å²) in [5.74, 6) is -0.00528. The summed E-state index contributed by atoms with van der Waals surface area (Å²) < 4.78 is 43.7. The van der Waals surface area contributed by atoms with E-state index in [0.717, 1.165) is 35.9 Å². The SMILES string of the molecule is C[C@H]1C[C@H](n2c(Nc3ccc(OC(F)(F)F)cc3)nc3cc(CCC(=O)O)ccc32)CC(C)(C)C1. The lowest BCUT2D eigenvalue weighted by atomic mass is 9.70. The van der Waals surface area contributed by atoms with Gasteiger partial charge >= 0.3 is 12.3 Å². The molecule has 35 heavy (non-hydrogen) atoms. The van der Waals surface area contributed by atoms with Crippen molar-refractivity contribution in [1.29, 1.82) is 0 Å². The Morgan fingerprint density at radius 2 is 1.91 bits per heavy atom. The van der Waals surface area contributed by atoms with Crippen LogP contribution in [0, 0.1) is 11.3 Å². The number of halogens is 3. The molecule has 0 spiro atoms. The number of nitrogens with one attached hydrogen (secondary N) is 1. The van der Waals surface area contributed by atoms with Gasteiger partial charge in [-0.3, -0.25) is 4.79 Å². The van der Waals surface area contributed by atoms with Gasteiger partial charge in [0.15, 0.2) is 0 Å². The molecule has 0 radical (unpaired) electrons. The van der Waals surface area contributed by atoms with E-state index in [1.165, 1.54) is 24.3 Å². The molecule has 1 aliphatic carbocycles. The lowest BCUT2D eigenvalue weighted by molar-refractivity contribution is -0.274. The first-order valence-corrected chi connectivity index (χ1v) is 11.7. The highest BCUT2D eigenvalue weighted by Gasteiger charge is 2.35. The van der Waals surface area contributed by atoms with Gasteiger partial charge in [0, 0.05) is 18.2 Å². The topological polar surface area (TPSA) is 76.4 Å². The molecule has 0 unspecified atom stereocenters. The molecule has 0 bridgehead atoms. The van der Waals surface area contributed by atoms with Crippen LogP contribution in [0.15, 0.2) is 42.5 Å². The molecule has 9 heteroatoms. The van der Waals surface area contributed by atoms with Crippen LogP contribution in [0.1, 0.15) is 58.1 Å². The molecule has 0 aliphatic heterocycles. The van der Waals surface area contributed by atoms with Gasteiger partial charge in [-0.1, -0.05) is 26.8 Å². The van der Waals surface area contributed by atoms with Crippen molar-refractivity contribution >= 4 is 28.6 Å². The van der Waals surface area contributed by atoms with E-state index in [9.17, 15) is 18.0 Å². The van der Waals surface area contributed by atoms with Gasteiger partial charge < -0.3 is 19.7 Å². The number of alkyl halides is 3. The number of fused-ring (bicyclic) bond motifs is 1. The molecule has 0 amide bonds. The van der Waals surface area contributed by atoms with Crippen LogP contribution in [0.2, 0.25) is 0 Å². The molecular formula is C26H30F3N3O3. The Morgan fingerprint density at radius 1 is 1.20 bits per heavy atom. The van der Waals surface area contributed by atoms with Gasteiger partial charge in [0.25, 0.3) is 0 Å². The molecule has 1 aromatic heterocycles. The molecule has 1 saturated carbocycles. The standard InChI is InChI=1S/C26H30F3N3O3/c1-16-12-19(15-25(2,3)14-16)32-22-10-4-17(5-11-23(33)34)13-21(22)31-24(32)30-18-6-8-20(9-7-18)35-26(27,28)29/h4,6-10,13,16,19H,5,11-12,14-15H2,1-3H3,(H,30,31)(H,33,34)/t16-,19-/m0/s1. The highest BCUT2D eigenvalue weighted by Crippen LogP contribution is 2.46. The fraction of sp³-hybridized carbons (Fsp3) is 0.462. The highest BCUT2D eigenvalue weighted by molar-refractivity contribution is 5.81. The summed E-state index contributed by atoms with van der Waals surface area (Å²) in [5, 5.41) is 12.3. The third-order valence-electron chi connectivity index (χ3n) is 6.45. The Balaban J connectivity index is 1.70. The molecule has 6 nitrogen and oxygen atoms in total. The van der Waals surface area contributed by atoms with Crippen molar-refractivity contribution < 1.29 is 27.8 Å². The first kappa shape index (κ1) is 24.9. The van der Waals surface area contributed by atoms with E-state index in [0.29, 0.717) is 24.0 Å². The molecule has 1 aliphatic rings. The number of carboxylic acid groups (broad SMARTS) is 1. The molecule has 3 aromatic rings. The molecular weight excluding hydrogens is 459 g/mol. The number of aryl methyl sites for hydroxylation is 1. The van der Waals surface area contributed by atoms with E-state index in [-0.39, 0.29) is 23.6 Å². The number of anilines is 2. The fourth-order valence-electron chi connectivity index (χ4n) is 5.37. The summed E-state index contributed by atoms with van der Waals surface area (Å²) in [5.41, 5.74) is 3.34. The van der Waals surface area contributed by atoms with Crippen molar-refractivity contribution in [2.45, 2.75) is 65.3 Å². The van der Waals surface area contributed by atoms with Crippen molar-refractivity contribution in [1.82, 2.24) is 9.55 Å². The minimum Gasteiger partial charge on any atom is -0.481 e. The number of rotatable bonds is 7. The Bertz CT molecular complexity index is 1200. The van der Waals surface area contributed by atoms with Crippen molar-refractivity contribution in [2.75, 3.05) is 5.32 Å². The van der Waals surface area contributed by atoms with E-state index in [4.69, 9.17) is 10.1 Å². The van der Waals surface area contributed by atoms with Gasteiger partial charge in [0.2, 0.25) is 5.95 Å². The van der Waals surface area contributed by atoms with Crippen LogP contribution in [-0.2, 0) is 11.2 Å². The average molecular weight is 490 g/mol. The number of hydrogen-bond acceptors (Lipinski definition) is 4. The third-order valence-corrected chi connectivity index (χ3v) is 6.45. The second kappa shape index (κ2) is 9.43. The molecule has 2 aromatic carbocycles. The molecule has 188 valence electrons. The van der Waals surface area contributed by atoms with E-state index in [1.54, 1.807) is 0 Å². The van der Waals surface area contributed by atoms with Crippen LogP contribution in [0.5, 0.6) is 5.75 Å². The monoisotopic (exact) mass is 489 g/mol. The van der Waals surface area contributed by atoms with Crippen LogP contribution in [-0.4, -0.2) is 27.0 Å². The fourth-order valence-corrected chi connectivity index (χ4v) is 5.37. The summed E-state index contributed by atoms with van der Waals surface area (Å²) in [4.78, 5) is 15.8. The summed E-state index contributed by atoms with van der Waals surface area (Å²) in [6.07, 6.45) is -1.20. The maximum Gasteiger partial charge on any atom is 0.573 e. The molecule has 2 N–H and O–H groups in total. The van der Waals surface area contributed by atoms with Crippen LogP contribution >= 0.6 is 0 Å². The summed E-state index contributed by atoms with van der Waals surface area (Å²) in [6, 6.07) is 11.6. The number of nitrogens with zero attached hydrogens (tertiary/aromatic N) is 2. The number of hydrogen-bond donors (Lipinski definition) is 2. The van der Waals surface area contributed by atoms with Gasteiger partial charge in [-0.25, -0.2) is 4.98 Å². The predicted molar refractivity (Wildman–Crippen MR) is 128 cm³/mol. The Morgan fingerprint density at radius 3 is 2.54 bits per heavy atom. The van der Waals surface area contributed by atoms with Crippen LogP contribution in [0.3, 0.4) is 0 Å². The number of aliphatic carboxylic acids is 1. The van der Waals surface area contributed by atoms with Crippen molar-refractivity contribution in [3.05, 3.63) is 48.0 Å². The molecule has 2 atom stereocenters. The smallest absolute Gasteiger partial charge is 0.481 e. The lowest BCUT2D eigenvalue weighted by Crippen LogP contribution is -2.29. The maximum absolute atomic E-state index is 12.5. The summed E-state index contributed by atoms with van der Waals surface area (Å²) in [6.45, 7) is 6.79. The number of ether oxygens (including phenoxy) is 1. The van der Waals surface area contributed by atoms with Gasteiger partial charge in [-0.2, -0.15) is 0 Å². The zero-order valence-corrected chi connectivity index (χ0v) is 20.0. The zero-order valence-electron chi connectivity index (χ0n) is 20.0. The van der Waals surface area contributed by atoms with E-state index < -0.39 is 12.3 Å². The normalized spacial score (nSPS) is 20.1. The van der Waals surface area contributed by atoms with E-state index in [1.807, 2.05) is 18.2 Å². The van der Waals surface area contributed by atoms with E-state index in [2.05, 4.69) is 35.4 Å². The first-order valence-electron chi connectivity index (χ1n) is 11.7. The van der Waals surface area contributed by atoms with Crippen molar-refractivity contribution in [3.63, 3.8) is 0 Å². The second-order valence-corrected chi connectivity index (χ2v) is 10.3. The molecule has 1 heterocycles. The van der Waals surface area contributed by atoms with Gasteiger partial charge in [-0.15, -0.1) is 13.2 Å². The van der Waals surface area contributed by atoms with Gasteiger partial charge in [0.1, 0.15) is 5.75 Å². The molecule has 0 saturated heterocycles. The number of imidazole rings is 1. The van der Waals surface area contributed by atoms with Crippen LogP contribution in [0.4, 0.5) is 24.8 Å². The lowest BCUT2D eigenvalue weighted by Gasteiger charge is -2.40. The van der Waals surface area contributed by atoms with E-state index >= 15 is 0 Å². The minimum absolute atomic E-state index is 0.0397. The quantitative estimate of drug-likeness (QED) is 0.371. The summed E-state index contributed by atoms with van der Waals surface area (Å²) >= 11 is 0. The number of aromatic nitrogens is 2. The number of carboxylic acids is 1.